The Labute approximate surface area is 111 Å². The van der Waals surface area contributed by atoms with Gasteiger partial charge in [-0.25, -0.2) is 0 Å². The zero-order valence-electron chi connectivity index (χ0n) is 11.0. The fraction of sp³-hybridized carbons (Fsp3) is 0.357. The molecule has 1 aromatic heterocycles. The Kier molecular flexibility index (Phi) is 4.14. The smallest absolute Gasteiger partial charge is 0.227 e. The van der Waals surface area contributed by atoms with Crippen molar-refractivity contribution in [2.75, 3.05) is 7.11 Å². The number of hydrogen-bond donors (Lipinski definition) is 0. The molecule has 0 fully saturated rings. The van der Waals surface area contributed by atoms with Crippen LogP contribution in [0, 0.1) is 17.2 Å². The van der Waals surface area contributed by atoms with Gasteiger partial charge in [0.25, 0.3) is 0 Å². The van der Waals surface area contributed by atoms with Crippen LogP contribution in [0.5, 0.6) is 5.75 Å². The van der Waals surface area contributed by atoms with E-state index in [0.29, 0.717) is 30.3 Å². The Bertz CT molecular complexity index is 586. The van der Waals surface area contributed by atoms with Crippen LogP contribution in [0.2, 0.25) is 0 Å². The van der Waals surface area contributed by atoms with E-state index < -0.39 is 0 Å². The molecule has 5 nitrogen and oxygen atoms in total. The van der Waals surface area contributed by atoms with Gasteiger partial charge < -0.3 is 9.26 Å². The zero-order valence-corrected chi connectivity index (χ0v) is 11.0. The van der Waals surface area contributed by atoms with E-state index in [9.17, 15) is 0 Å². The molecule has 0 aliphatic carbocycles. The molecule has 1 unspecified atom stereocenters. The molecule has 0 aliphatic heterocycles. The summed E-state index contributed by atoms with van der Waals surface area (Å²) in [6, 6.07) is 9.65. The second kappa shape index (κ2) is 6.01. The first-order valence-electron chi connectivity index (χ1n) is 6.07. The minimum Gasteiger partial charge on any atom is -0.496 e. The first-order chi connectivity index (χ1) is 9.24. The molecule has 2 rings (SSSR count). The SMILES string of the molecule is COc1ccccc1-c1noc(CC(C)CC#N)n1. The summed E-state index contributed by atoms with van der Waals surface area (Å²) in [6.45, 7) is 1.98. The van der Waals surface area contributed by atoms with Gasteiger partial charge in [-0.3, -0.25) is 0 Å². The number of para-hydroxylation sites is 1. The minimum atomic E-state index is 0.205. The van der Waals surface area contributed by atoms with Gasteiger partial charge in [0.1, 0.15) is 5.75 Å². The minimum absolute atomic E-state index is 0.205. The predicted octanol–water partition coefficient (Wildman–Crippen LogP) is 2.84. The van der Waals surface area contributed by atoms with Gasteiger partial charge in [0.05, 0.1) is 18.7 Å². The topological polar surface area (TPSA) is 71.9 Å². The molecular weight excluding hydrogens is 242 g/mol. The monoisotopic (exact) mass is 257 g/mol. The van der Waals surface area contributed by atoms with Crippen molar-refractivity contribution in [1.29, 1.82) is 5.26 Å². The Morgan fingerprint density at radius 1 is 1.42 bits per heavy atom. The third-order valence-electron chi connectivity index (χ3n) is 2.78. The molecule has 1 heterocycles. The second-order valence-electron chi connectivity index (χ2n) is 4.38. The highest BCUT2D eigenvalue weighted by Crippen LogP contribution is 2.27. The summed E-state index contributed by atoms with van der Waals surface area (Å²) in [5.41, 5.74) is 0.799. The molecule has 0 N–H and O–H groups in total. The summed E-state index contributed by atoms with van der Waals surface area (Å²) in [6.07, 6.45) is 1.09. The van der Waals surface area contributed by atoms with Crippen molar-refractivity contribution in [3.05, 3.63) is 30.2 Å². The van der Waals surface area contributed by atoms with Crippen LogP contribution in [-0.4, -0.2) is 17.3 Å². The van der Waals surface area contributed by atoms with Crippen molar-refractivity contribution in [3.8, 4) is 23.2 Å². The van der Waals surface area contributed by atoms with Crippen molar-refractivity contribution in [2.24, 2.45) is 5.92 Å². The molecule has 0 saturated carbocycles. The molecule has 0 radical (unpaired) electrons. The van der Waals surface area contributed by atoms with Crippen molar-refractivity contribution < 1.29 is 9.26 Å². The summed E-state index contributed by atoms with van der Waals surface area (Å²) in [7, 11) is 1.61. The molecule has 0 amide bonds. The van der Waals surface area contributed by atoms with Crippen LogP contribution in [-0.2, 0) is 6.42 Å². The summed E-state index contributed by atoms with van der Waals surface area (Å²) < 4.78 is 10.5. The zero-order chi connectivity index (χ0) is 13.7. The summed E-state index contributed by atoms with van der Waals surface area (Å²) in [5, 5.41) is 12.6. The van der Waals surface area contributed by atoms with Gasteiger partial charge >= 0.3 is 0 Å². The number of nitriles is 1. The lowest BCUT2D eigenvalue weighted by molar-refractivity contribution is 0.359. The third kappa shape index (κ3) is 3.10. The third-order valence-corrected chi connectivity index (χ3v) is 2.78. The van der Waals surface area contributed by atoms with Gasteiger partial charge in [-0.2, -0.15) is 10.2 Å². The normalized spacial score (nSPS) is 11.8. The van der Waals surface area contributed by atoms with E-state index >= 15 is 0 Å². The quantitative estimate of drug-likeness (QED) is 0.823. The maximum atomic E-state index is 8.63. The number of ether oxygens (including phenoxy) is 1. The number of aromatic nitrogens is 2. The van der Waals surface area contributed by atoms with E-state index in [1.807, 2.05) is 31.2 Å². The highest BCUT2D eigenvalue weighted by molar-refractivity contribution is 5.63. The highest BCUT2D eigenvalue weighted by Gasteiger charge is 2.14. The molecule has 1 aromatic carbocycles. The number of hydrogen-bond acceptors (Lipinski definition) is 5. The van der Waals surface area contributed by atoms with Crippen molar-refractivity contribution in [3.63, 3.8) is 0 Å². The number of rotatable bonds is 5. The Morgan fingerprint density at radius 2 is 2.21 bits per heavy atom. The molecule has 1 atom stereocenters. The van der Waals surface area contributed by atoms with Gasteiger partial charge in [0, 0.05) is 12.8 Å². The van der Waals surface area contributed by atoms with E-state index in [1.54, 1.807) is 7.11 Å². The van der Waals surface area contributed by atoms with E-state index in [0.717, 1.165) is 5.56 Å². The molecule has 2 aromatic rings. The van der Waals surface area contributed by atoms with Gasteiger partial charge in [0.2, 0.25) is 11.7 Å². The predicted molar refractivity (Wildman–Crippen MR) is 69.4 cm³/mol. The lowest BCUT2D eigenvalue weighted by Crippen LogP contribution is -1.98. The Hall–Kier alpha value is -2.35. The van der Waals surface area contributed by atoms with Crippen LogP contribution >= 0.6 is 0 Å². The fourth-order valence-corrected chi connectivity index (χ4v) is 1.80. The Morgan fingerprint density at radius 3 is 2.95 bits per heavy atom. The van der Waals surface area contributed by atoms with Crippen LogP contribution in [0.3, 0.4) is 0 Å². The van der Waals surface area contributed by atoms with Gasteiger partial charge in [-0.05, 0) is 18.1 Å². The number of benzene rings is 1. The van der Waals surface area contributed by atoms with Crippen molar-refractivity contribution in [1.82, 2.24) is 10.1 Å². The molecule has 0 bridgehead atoms. The average Bonchev–Trinajstić information content (AvgIpc) is 2.87. The maximum Gasteiger partial charge on any atom is 0.227 e. The van der Waals surface area contributed by atoms with Crippen LogP contribution in [0.15, 0.2) is 28.8 Å². The molecule has 19 heavy (non-hydrogen) atoms. The van der Waals surface area contributed by atoms with Crippen molar-refractivity contribution in [2.45, 2.75) is 19.8 Å². The average molecular weight is 257 g/mol. The summed E-state index contributed by atoms with van der Waals surface area (Å²) in [4.78, 5) is 4.34. The van der Waals surface area contributed by atoms with Crippen molar-refractivity contribution >= 4 is 0 Å². The van der Waals surface area contributed by atoms with Gasteiger partial charge in [-0.15, -0.1) is 0 Å². The Balaban J connectivity index is 2.19. The lowest BCUT2D eigenvalue weighted by Gasteiger charge is -2.03. The number of methoxy groups -OCH3 is 1. The first-order valence-corrected chi connectivity index (χ1v) is 6.07. The number of nitrogens with zero attached hydrogens (tertiary/aromatic N) is 3. The maximum absolute atomic E-state index is 8.63. The van der Waals surface area contributed by atoms with Crippen LogP contribution in [0.1, 0.15) is 19.2 Å². The molecule has 0 aliphatic rings. The fourth-order valence-electron chi connectivity index (χ4n) is 1.80. The standard InChI is InChI=1S/C14H15N3O2/c1-10(7-8-15)9-13-16-14(17-19-13)11-5-3-4-6-12(11)18-2/h3-6,10H,7,9H2,1-2H3. The molecule has 5 heteroatoms. The molecule has 0 spiro atoms. The molecular formula is C14H15N3O2. The largest absolute Gasteiger partial charge is 0.496 e. The molecule has 0 saturated heterocycles. The van der Waals surface area contributed by atoms with E-state index in [1.165, 1.54) is 0 Å². The van der Waals surface area contributed by atoms with E-state index in [2.05, 4.69) is 16.2 Å². The van der Waals surface area contributed by atoms with Crippen LogP contribution in [0.25, 0.3) is 11.4 Å². The van der Waals surface area contributed by atoms with Gasteiger partial charge in [0.15, 0.2) is 0 Å². The van der Waals surface area contributed by atoms with Crippen LogP contribution < -0.4 is 4.74 Å². The van der Waals surface area contributed by atoms with Gasteiger partial charge in [-0.1, -0.05) is 24.2 Å². The summed E-state index contributed by atoms with van der Waals surface area (Å²) >= 11 is 0. The first kappa shape index (κ1) is 13.1. The molecule has 98 valence electrons. The lowest BCUT2D eigenvalue weighted by atomic mass is 10.1. The van der Waals surface area contributed by atoms with Crippen LogP contribution in [0.4, 0.5) is 0 Å². The second-order valence-corrected chi connectivity index (χ2v) is 4.38. The van der Waals surface area contributed by atoms with E-state index in [4.69, 9.17) is 14.5 Å². The van der Waals surface area contributed by atoms with E-state index in [-0.39, 0.29) is 5.92 Å². The summed E-state index contributed by atoms with van der Waals surface area (Å²) in [5.74, 6) is 1.97. The highest BCUT2D eigenvalue weighted by atomic mass is 16.5.